The Hall–Kier alpha value is -0.610. The van der Waals surface area contributed by atoms with Gasteiger partial charge in [-0.05, 0) is 37.8 Å². The Labute approximate surface area is 104 Å². The number of hydrogen-bond donors (Lipinski definition) is 1. The summed E-state index contributed by atoms with van der Waals surface area (Å²) in [6.07, 6.45) is 2.68. The van der Waals surface area contributed by atoms with Gasteiger partial charge in [0, 0.05) is 20.2 Å². The largest absolute Gasteiger partial charge is 0.368 e. The number of methoxy groups -OCH3 is 1. The van der Waals surface area contributed by atoms with Gasteiger partial charge in [-0.2, -0.15) is 0 Å². The van der Waals surface area contributed by atoms with E-state index in [1.165, 1.54) is 0 Å². The van der Waals surface area contributed by atoms with Crippen molar-refractivity contribution in [1.29, 1.82) is 0 Å². The quantitative estimate of drug-likeness (QED) is 0.783. The van der Waals surface area contributed by atoms with Crippen molar-refractivity contribution in [1.82, 2.24) is 10.2 Å². The summed E-state index contributed by atoms with van der Waals surface area (Å²) in [5, 5.41) is 3.28. The van der Waals surface area contributed by atoms with Gasteiger partial charge in [0.05, 0.1) is 0 Å². The minimum Gasteiger partial charge on any atom is -0.368 e. The number of hydrogen-bond acceptors (Lipinski definition) is 3. The van der Waals surface area contributed by atoms with Crippen molar-refractivity contribution < 1.29 is 9.53 Å². The molecule has 2 aliphatic heterocycles. The summed E-state index contributed by atoms with van der Waals surface area (Å²) in [7, 11) is 1.67. The van der Waals surface area contributed by atoms with Crippen molar-refractivity contribution >= 4 is 5.91 Å². The van der Waals surface area contributed by atoms with E-state index in [0.29, 0.717) is 0 Å². The smallest absolute Gasteiger partial charge is 0.254 e. The van der Waals surface area contributed by atoms with Crippen LogP contribution in [0.1, 0.15) is 33.1 Å². The van der Waals surface area contributed by atoms with Gasteiger partial charge in [-0.3, -0.25) is 4.79 Å². The number of piperidine rings is 1. The molecule has 0 spiro atoms. The number of likely N-dealkylation sites (tertiary alicyclic amines) is 1. The summed E-state index contributed by atoms with van der Waals surface area (Å²) in [6, 6.07) is 0. The monoisotopic (exact) mass is 240 g/mol. The van der Waals surface area contributed by atoms with Crippen molar-refractivity contribution in [2.24, 2.45) is 5.41 Å². The van der Waals surface area contributed by atoms with Gasteiger partial charge in [-0.1, -0.05) is 13.8 Å². The summed E-state index contributed by atoms with van der Waals surface area (Å²) in [5.41, 5.74) is -0.302. The molecule has 0 aromatic heterocycles. The van der Waals surface area contributed by atoms with Crippen molar-refractivity contribution in [2.45, 2.75) is 38.7 Å². The fourth-order valence-corrected chi connectivity index (χ4v) is 2.91. The Morgan fingerprint density at radius 2 is 1.88 bits per heavy atom. The Morgan fingerprint density at radius 3 is 2.35 bits per heavy atom. The molecule has 1 amide bonds. The molecule has 98 valence electrons. The van der Waals surface area contributed by atoms with E-state index in [4.69, 9.17) is 4.74 Å². The lowest BCUT2D eigenvalue weighted by Gasteiger charge is -2.38. The fourth-order valence-electron chi connectivity index (χ4n) is 2.91. The molecule has 0 saturated carbocycles. The lowest BCUT2D eigenvalue weighted by molar-refractivity contribution is -0.157. The molecular formula is C13H24N2O2. The third-order valence-corrected chi connectivity index (χ3v) is 4.16. The van der Waals surface area contributed by atoms with Crippen molar-refractivity contribution in [3.8, 4) is 0 Å². The van der Waals surface area contributed by atoms with Crippen LogP contribution in [0.3, 0.4) is 0 Å². The number of carbonyl (C=O) groups excluding carboxylic acids is 1. The van der Waals surface area contributed by atoms with E-state index >= 15 is 0 Å². The van der Waals surface area contributed by atoms with E-state index < -0.39 is 5.60 Å². The molecule has 2 saturated heterocycles. The summed E-state index contributed by atoms with van der Waals surface area (Å²) in [4.78, 5) is 14.6. The van der Waals surface area contributed by atoms with E-state index in [2.05, 4.69) is 19.2 Å². The molecule has 2 heterocycles. The molecule has 2 aliphatic rings. The second-order valence-corrected chi connectivity index (χ2v) is 6.09. The molecule has 2 fully saturated rings. The zero-order valence-corrected chi connectivity index (χ0v) is 11.2. The molecule has 2 rings (SSSR count). The Bertz CT molecular complexity index is 296. The van der Waals surface area contributed by atoms with Crippen molar-refractivity contribution in [3.05, 3.63) is 0 Å². The maximum atomic E-state index is 12.6. The van der Waals surface area contributed by atoms with Gasteiger partial charge >= 0.3 is 0 Å². The van der Waals surface area contributed by atoms with Gasteiger partial charge in [-0.25, -0.2) is 0 Å². The number of amides is 1. The molecule has 0 bridgehead atoms. The Balaban J connectivity index is 2.07. The average molecular weight is 240 g/mol. The fraction of sp³-hybridized carbons (Fsp3) is 0.923. The molecule has 17 heavy (non-hydrogen) atoms. The second kappa shape index (κ2) is 4.58. The van der Waals surface area contributed by atoms with Crippen molar-refractivity contribution in [3.63, 3.8) is 0 Å². The summed E-state index contributed by atoms with van der Waals surface area (Å²) < 4.78 is 5.59. The van der Waals surface area contributed by atoms with Crippen LogP contribution in [0.5, 0.6) is 0 Å². The highest BCUT2D eigenvalue weighted by molar-refractivity contribution is 5.85. The van der Waals surface area contributed by atoms with Gasteiger partial charge in [0.25, 0.3) is 5.91 Å². The molecule has 4 nitrogen and oxygen atoms in total. The Morgan fingerprint density at radius 1 is 1.24 bits per heavy atom. The lowest BCUT2D eigenvalue weighted by Crippen LogP contribution is -2.55. The van der Waals surface area contributed by atoms with Crippen LogP contribution < -0.4 is 5.32 Å². The molecule has 0 radical (unpaired) electrons. The molecule has 4 heteroatoms. The van der Waals surface area contributed by atoms with Gasteiger partial charge in [-0.15, -0.1) is 0 Å². The minimum atomic E-state index is -0.564. The summed E-state index contributed by atoms with van der Waals surface area (Å²) in [5.74, 6) is 0.201. The zero-order valence-electron chi connectivity index (χ0n) is 11.2. The van der Waals surface area contributed by atoms with Crippen molar-refractivity contribution in [2.75, 3.05) is 33.3 Å². The van der Waals surface area contributed by atoms with E-state index in [0.717, 1.165) is 45.4 Å². The van der Waals surface area contributed by atoms with Gasteiger partial charge in [0.2, 0.25) is 0 Å². The predicted octanol–water partition coefficient (Wildman–Crippen LogP) is 1.01. The Kier molecular flexibility index (Phi) is 3.46. The lowest BCUT2D eigenvalue weighted by atomic mass is 9.90. The predicted molar refractivity (Wildman–Crippen MR) is 66.8 cm³/mol. The van der Waals surface area contributed by atoms with Gasteiger partial charge in [0.15, 0.2) is 0 Å². The highest BCUT2D eigenvalue weighted by Crippen LogP contribution is 2.33. The molecule has 0 atom stereocenters. The normalized spacial score (nSPS) is 27.1. The maximum absolute atomic E-state index is 12.6. The first-order chi connectivity index (χ1) is 7.99. The minimum absolute atomic E-state index is 0.201. The van der Waals surface area contributed by atoms with Crippen LogP contribution in [-0.4, -0.2) is 49.7 Å². The second-order valence-electron chi connectivity index (χ2n) is 6.09. The first-order valence-corrected chi connectivity index (χ1v) is 6.54. The third kappa shape index (κ3) is 2.47. The zero-order chi connectivity index (χ0) is 12.5. The highest BCUT2D eigenvalue weighted by Gasteiger charge is 2.45. The molecule has 0 unspecified atom stereocenters. The molecule has 0 aromatic carbocycles. The summed E-state index contributed by atoms with van der Waals surface area (Å²) in [6.45, 7) is 7.94. The van der Waals surface area contributed by atoms with Gasteiger partial charge in [0.1, 0.15) is 5.60 Å². The number of rotatable bonds is 2. The average Bonchev–Trinajstić information content (AvgIpc) is 2.69. The number of nitrogens with zero attached hydrogens (tertiary/aromatic N) is 1. The number of carbonyl (C=O) groups is 1. The number of nitrogens with one attached hydrogen (secondary N) is 1. The van der Waals surface area contributed by atoms with E-state index in [-0.39, 0.29) is 11.3 Å². The van der Waals surface area contributed by atoms with E-state index in [9.17, 15) is 4.79 Å². The first kappa shape index (κ1) is 12.8. The van der Waals surface area contributed by atoms with Crippen LogP contribution in [0.15, 0.2) is 0 Å². The summed E-state index contributed by atoms with van der Waals surface area (Å²) >= 11 is 0. The molecular weight excluding hydrogens is 216 g/mol. The van der Waals surface area contributed by atoms with Crippen LogP contribution in [-0.2, 0) is 9.53 Å². The molecule has 1 N–H and O–H groups in total. The highest BCUT2D eigenvalue weighted by atomic mass is 16.5. The molecule has 0 aliphatic carbocycles. The van der Waals surface area contributed by atoms with Crippen LogP contribution in [0, 0.1) is 5.41 Å². The standard InChI is InChI=1S/C13H24N2O2/c1-12(2)6-9-15(10-12)11(16)13(17-3)4-7-14-8-5-13/h14H,4-10H2,1-3H3. The molecule has 0 aromatic rings. The van der Waals surface area contributed by atoms with Crippen LogP contribution in [0.4, 0.5) is 0 Å². The van der Waals surface area contributed by atoms with Crippen LogP contribution in [0.25, 0.3) is 0 Å². The van der Waals surface area contributed by atoms with Gasteiger partial charge < -0.3 is 15.0 Å². The third-order valence-electron chi connectivity index (χ3n) is 4.16. The topological polar surface area (TPSA) is 41.6 Å². The maximum Gasteiger partial charge on any atom is 0.254 e. The first-order valence-electron chi connectivity index (χ1n) is 6.54. The SMILES string of the molecule is COC1(C(=O)N2CCC(C)(C)C2)CCNCC1. The number of ether oxygens (including phenoxy) is 1. The van der Waals surface area contributed by atoms with Crippen LogP contribution >= 0.6 is 0 Å². The van der Waals surface area contributed by atoms with E-state index in [1.54, 1.807) is 7.11 Å². The van der Waals surface area contributed by atoms with E-state index in [1.807, 2.05) is 4.90 Å². The van der Waals surface area contributed by atoms with Crippen LogP contribution in [0.2, 0.25) is 0 Å².